The van der Waals surface area contributed by atoms with Gasteiger partial charge in [0, 0.05) is 12.1 Å². The largest absolute Gasteiger partial charge is 0.508 e. The van der Waals surface area contributed by atoms with Crippen LogP contribution in [-0.2, 0) is 6.54 Å². The van der Waals surface area contributed by atoms with Gasteiger partial charge in [-0.1, -0.05) is 54.6 Å². The molecular weight excluding hydrogens is 286 g/mol. The van der Waals surface area contributed by atoms with Crippen LogP contribution >= 0.6 is 0 Å². The zero-order chi connectivity index (χ0) is 16.1. The van der Waals surface area contributed by atoms with E-state index >= 15 is 0 Å². The van der Waals surface area contributed by atoms with Gasteiger partial charge in [0.25, 0.3) is 5.91 Å². The molecule has 3 aromatic carbocycles. The maximum atomic E-state index is 12.2. The lowest BCUT2D eigenvalue weighted by Crippen LogP contribution is -2.22. The van der Waals surface area contributed by atoms with Gasteiger partial charge in [-0.25, -0.2) is 0 Å². The number of phenolic OH excluding ortho intramolecular Hbond substituents is 1. The molecule has 0 fully saturated rings. The fraction of sp³-hybridized carbons (Fsp3) is 0.0500. The zero-order valence-corrected chi connectivity index (χ0v) is 12.6. The van der Waals surface area contributed by atoms with Gasteiger partial charge in [0.05, 0.1) is 0 Å². The molecule has 0 aliphatic carbocycles. The second kappa shape index (κ2) is 6.79. The Labute approximate surface area is 135 Å². The maximum Gasteiger partial charge on any atom is 0.251 e. The van der Waals surface area contributed by atoms with Crippen molar-refractivity contribution in [2.75, 3.05) is 0 Å². The van der Waals surface area contributed by atoms with E-state index in [1.807, 2.05) is 54.6 Å². The number of phenols is 1. The van der Waals surface area contributed by atoms with Gasteiger partial charge >= 0.3 is 0 Å². The van der Waals surface area contributed by atoms with Crippen molar-refractivity contribution in [1.29, 1.82) is 0 Å². The third-order valence-corrected chi connectivity index (χ3v) is 3.64. The first-order valence-corrected chi connectivity index (χ1v) is 7.44. The van der Waals surface area contributed by atoms with E-state index in [0.29, 0.717) is 12.1 Å². The summed E-state index contributed by atoms with van der Waals surface area (Å²) in [5.41, 5.74) is 3.78. The molecule has 0 radical (unpaired) electrons. The van der Waals surface area contributed by atoms with Crippen molar-refractivity contribution in [1.82, 2.24) is 5.32 Å². The van der Waals surface area contributed by atoms with E-state index in [0.717, 1.165) is 16.7 Å². The predicted octanol–water partition coefficient (Wildman–Crippen LogP) is 3.99. The van der Waals surface area contributed by atoms with Crippen molar-refractivity contribution in [2.45, 2.75) is 6.54 Å². The Morgan fingerprint density at radius 2 is 1.39 bits per heavy atom. The molecule has 3 heteroatoms. The van der Waals surface area contributed by atoms with E-state index in [1.54, 1.807) is 24.3 Å². The standard InChI is InChI=1S/C20H17NO2/c22-19-12-6-15(7-13-19)14-21-20(23)18-10-8-17(9-11-18)16-4-2-1-3-5-16/h1-13,22H,14H2,(H,21,23). The average Bonchev–Trinajstić information content (AvgIpc) is 2.62. The highest BCUT2D eigenvalue weighted by molar-refractivity contribution is 5.94. The van der Waals surface area contributed by atoms with E-state index in [2.05, 4.69) is 5.32 Å². The zero-order valence-electron chi connectivity index (χ0n) is 12.6. The van der Waals surface area contributed by atoms with Crippen LogP contribution in [0.4, 0.5) is 0 Å². The summed E-state index contributed by atoms with van der Waals surface area (Å²) in [4.78, 5) is 12.2. The lowest BCUT2D eigenvalue weighted by molar-refractivity contribution is 0.0951. The molecule has 0 unspecified atom stereocenters. The Kier molecular flexibility index (Phi) is 4.39. The molecule has 0 spiro atoms. The number of carbonyl (C=O) groups is 1. The quantitative estimate of drug-likeness (QED) is 0.765. The Morgan fingerprint density at radius 3 is 2.04 bits per heavy atom. The molecule has 114 valence electrons. The van der Waals surface area contributed by atoms with Gasteiger partial charge in [-0.05, 0) is 41.0 Å². The Morgan fingerprint density at radius 1 is 0.783 bits per heavy atom. The summed E-state index contributed by atoms with van der Waals surface area (Å²) in [6.07, 6.45) is 0. The Bertz CT molecular complexity index is 778. The number of amides is 1. The van der Waals surface area contributed by atoms with E-state index < -0.39 is 0 Å². The summed E-state index contributed by atoms with van der Waals surface area (Å²) in [6.45, 7) is 0.430. The van der Waals surface area contributed by atoms with E-state index in [1.165, 1.54) is 0 Å². The van der Waals surface area contributed by atoms with Crippen LogP contribution in [-0.4, -0.2) is 11.0 Å². The molecule has 0 saturated heterocycles. The number of aromatic hydroxyl groups is 1. The summed E-state index contributed by atoms with van der Waals surface area (Å²) < 4.78 is 0. The van der Waals surface area contributed by atoms with Crippen LogP contribution in [0.3, 0.4) is 0 Å². The van der Waals surface area contributed by atoms with Crippen LogP contribution in [0.1, 0.15) is 15.9 Å². The molecule has 3 nitrogen and oxygen atoms in total. The van der Waals surface area contributed by atoms with Gasteiger partial charge in [0.15, 0.2) is 0 Å². The Balaban J connectivity index is 1.65. The second-order valence-electron chi connectivity index (χ2n) is 5.29. The normalized spacial score (nSPS) is 10.3. The molecule has 3 rings (SSSR count). The minimum absolute atomic E-state index is 0.113. The lowest BCUT2D eigenvalue weighted by atomic mass is 10.0. The van der Waals surface area contributed by atoms with E-state index in [4.69, 9.17) is 0 Å². The molecule has 0 bridgehead atoms. The van der Waals surface area contributed by atoms with Crippen LogP contribution in [0.5, 0.6) is 5.75 Å². The highest BCUT2D eigenvalue weighted by Crippen LogP contribution is 2.19. The summed E-state index contributed by atoms with van der Waals surface area (Å²) >= 11 is 0. The third-order valence-electron chi connectivity index (χ3n) is 3.64. The molecule has 0 saturated carbocycles. The van der Waals surface area contributed by atoms with Gasteiger partial charge in [0.2, 0.25) is 0 Å². The molecule has 23 heavy (non-hydrogen) atoms. The number of hydrogen-bond donors (Lipinski definition) is 2. The molecule has 0 aromatic heterocycles. The van der Waals surface area contributed by atoms with Crippen LogP contribution < -0.4 is 5.32 Å². The van der Waals surface area contributed by atoms with Crippen molar-refractivity contribution in [3.05, 3.63) is 90.0 Å². The number of nitrogens with one attached hydrogen (secondary N) is 1. The van der Waals surface area contributed by atoms with Crippen LogP contribution in [0.15, 0.2) is 78.9 Å². The Hall–Kier alpha value is -3.07. The SMILES string of the molecule is O=C(NCc1ccc(O)cc1)c1ccc(-c2ccccc2)cc1. The van der Waals surface area contributed by atoms with Crippen molar-refractivity contribution in [2.24, 2.45) is 0 Å². The highest BCUT2D eigenvalue weighted by atomic mass is 16.3. The minimum Gasteiger partial charge on any atom is -0.508 e. The van der Waals surface area contributed by atoms with Crippen molar-refractivity contribution in [3.63, 3.8) is 0 Å². The number of benzene rings is 3. The van der Waals surface area contributed by atoms with Crippen molar-refractivity contribution < 1.29 is 9.90 Å². The predicted molar refractivity (Wildman–Crippen MR) is 91.2 cm³/mol. The van der Waals surface area contributed by atoms with Crippen LogP contribution in [0, 0.1) is 0 Å². The number of rotatable bonds is 4. The summed E-state index contributed by atoms with van der Waals surface area (Å²) in [5, 5.41) is 12.1. The first-order valence-electron chi connectivity index (χ1n) is 7.44. The molecule has 1 amide bonds. The van der Waals surface area contributed by atoms with Crippen molar-refractivity contribution >= 4 is 5.91 Å². The molecular formula is C20H17NO2. The molecule has 0 heterocycles. The van der Waals surface area contributed by atoms with Gasteiger partial charge < -0.3 is 10.4 Å². The first kappa shape index (κ1) is 14.9. The number of hydrogen-bond acceptors (Lipinski definition) is 2. The highest BCUT2D eigenvalue weighted by Gasteiger charge is 2.06. The molecule has 3 aromatic rings. The molecule has 0 atom stereocenters. The summed E-state index contributed by atoms with van der Waals surface area (Å²) in [7, 11) is 0. The lowest BCUT2D eigenvalue weighted by Gasteiger charge is -2.07. The third kappa shape index (κ3) is 3.77. The smallest absolute Gasteiger partial charge is 0.251 e. The second-order valence-corrected chi connectivity index (χ2v) is 5.29. The van der Waals surface area contributed by atoms with Crippen LogP contribution in [0.2, 0.25) is 0 Å². The molecule has 2 N–H and O–H groups in total. The maximum absolute atomic E-state index is 12.2. The first-order chi connectivity index (χ1) is 11.2. The van der Waals surface area contributed by atoms with Crippen LogP contribution in [0.25, 0.3) is 11.1 Å². The fourth-order valence-corrected chi connectivity index (χ4v) is 2.34. The minimum atomic E-state index is -0.113. The van der Waals surface area contributed by atoms with Crippen molar-refractivity contribution in [3.8, 4) is 16.9 Å². The van der Waals surface area contributed by atoms with Gasteiger partial charge in [0.1, 0.15) is 5.75 Å². The number of carbonyl (C=O) groups excluding carboxylic acids is 1. The van der Waals surface area contributed by atoms with Gasteiger partial charge in [-0.15, -0.1) is 0 Å². The topological polar surface area (TPSA) is 49.3 Å². The molecule has 0 aliphatic heterocycles. The average molecular weight is 303 g/mol. The fourth-order valence-electron chi connectivity index (χ4n) is 2.34. The van der Waals surface area contributed by atoms with Gasteiger partial charge in [-0.2, -0.15) is 0 Å². The van der Waals surface area contributed by atoms with E-state index in [-0.39, 0.29) is 11.7 Å². The monoisotopic (exact) mass is 303 g/mol. The summed E-state index contributed by atoms with van der Waals surface area (Å²) in [6, 6.07) is 24.4. The van der Waals surface area contributed by atoms with E-state index in [9.17, 15) is 9.90 Å². The molecule has 0 aliphatic rings. The van der Waals surface area contributed by atoms with Gasteiger partial charge in [-0.3, -0.25) is 4.79 Å². The summed E-state index contributed by atoms with van der Waals surface area (Å²) in [5.74, 6) is 0.106.